The number of rotatable bonds is 6. The number of hydrogen-bond donors (Lipinski definition) is 2. The average molecular weight is 254 g/mol. The maximum absolute atomic E-state index is 10.9. The summed E-state index contributed by atoms with van der Waals surface area (Å²) in [6, 6.07) is 3.44. The van der Waals surface area contributed by atoms with Gasteiger partial charge >= 0.3 is 11.7 Å². The Hall–Kier alpha value is -2.31. The van der Waals surface area contributed by atoms with Crippen LogP contribution in [0.5, 0.6) is 5.75 Å². The van der Waals surface area contributed by atoms with Crippen LogP contribution in [0.15, 0.2) is 18.2 Å². The first-order valence-electron chi connectivity index (χ1n) is 5.31. The second kappa shape index (κ2) is 5.85. The van der Waals surface area contributed by atoms with Crippen molar-refractivity contribution in [3.63, 3.8) is 0 Å². The van der Waals surface area contributed by atoms with Gasteiger partial charge in [0.15, 0.2) is 5.75 Å². The average Bonchev–Trinajstić information content (AvgIpc) is 2.35. The number of nitro groups is 1. The van der Waals surface area contributed by atoms with Crippen LogP contribution in [0.3, 0.4) is 0 Å². The molecule has 0 aliphatic heterocycles. The molecule has 0 heterocycles. The Bertz CT molecular complexity index is 461. The summed E-state index contributed by atoms with van der Waals surface area (Å²) in [6.07, 6.45) is 0.370. The number of methoxy groups -OCH3 is 1. The Labute approximate surface area is 104 Å². The molecule has 2 N–H and O–H groups in total. The minimum atomic E-state index is -1.00. The van der Waals surface area contributed by atoms with E-state index in [1.54, 1.807) is 6.92 Å². The van der Waals surface area contributed by atoms with Crippen LogP contribution in [-0.4, -0.2) is 29.2 Å². The molecule has 0 saturated carbocycles. The van der Waals surface area contributed by atoms with Crippen molar-refractivity contribution in [1.82, 2.24) is 0 Å². The van der Waals surface area contributed by atoms with E-state index in [-0.39, 0.29) is 11.4 Å². The predicted molar refractivity (Wildman–Crippen MR) is 65.0 cm³/mol. The third-order valence-corrected chi connectivity index (χ3v) is 2.42. The zero-order chi connectivity index (χ0) is 13.7. The highest BCUT2D eigenvalue weighted by Gasteiger charge is 2.18. The molecule has 0 saturated heterocycles. The Balaban J connectivity index is 3.01. The normalized spacial score (nSPS) is 11.7. The van der Waals surface area contributed by atoms with E-state index in [4.69, 9.17) is 9.84 Å². The fourth-order valence-electron chi connectivity index (χ4n) is 1.46. The first kappa shape index (κ1) is 13.8. The predicted octanol–water partition coefficient (Wildman–Crippen LogP) is 1.88. The van der Waals surface area contributed by atoms with Crippen LogP contribution in [0, 0.1) is 10.1 Å². The number of benzene rings is 1. The van der Waals surface area contributed by atoms with E-state index in [1.165, 1.54) is 25.3 Å². The van der Waals surface area contributed by atoms with Crippen molar-refractivity contribution >= 4 is 17.3 Å². The summed E-state index contributed by atoms with van der Waals surface area (Å²) < 4.78 is 4.85. The molecule has 0 radical (unpaired) electrons. The molecule has 1 atom stereocenters. The van der Waals surface area contributed by atoms with Gasteiger partial charge in [-0.2, -0.15) is 0 Å². The molecule has 1 unspecified atom stereocenters. The lowest BCUT2D eigenvalue weighted by atomic mass is 10.2. The van der Waals surface area contributed by atoms with E-state index in [9.17, 15) is 14.9 Å². The Morgan fingerprint density at radius 3 is 2.72 bits per heavy atom. The van der Waals surface area contributed by atoms with Gasteiger partial charge in [-0.15, -0.1) is 0 Å². The molecule has 7 nitrogen and oxygen atoms in total. The number of carboxylic acid groups (broad SMARTS) is 1. The van der Waals surface area contributed by atoms with Crippen LogP contribution in [0.25, 0.3) is 0 Å². The van der Waals surface area contributed by atoms with Crippen LogP contribution in [0.1, 0.15) is 13.3 Å². The molecule has 7 heteroatoms. The molecule has 98 valence electrons. The lowest BCUT2D eigenvalue weighted by molar-refractivity contribution is -0.385. The van der Waals surface area contributed by atoms with E-state index >= 15 is 0 Å². The van der Waals surface area contributed by atoms with Gasteiger partial charge in [-0.05, 0) is 18.6 Å². The standard InChI is InChI=1S/C11H14N2O5/c1-3-8(11(14)15)12-7-4-5-10(18-2)9(6-7)13(16)17/h4-6,8,12H,3H2,1-2H3,(H,14,15). The SMILES string of the molecule is CCC(Nc1ccc(OC)c([N+](=O)[O-])c1)C(=O)O. The van der Waals surface area contributed by atoms with E-state index in [0.717, 1.165) is 0 Å². The second-order valence-electron chi connectivity index (χ2n) is 3.59. The lowest BCUT2D eigenvalue weighted by Gasteiger charge is -2.13. The topological polar surface area (TPSA) is 102 Å². The van der Waals surface area contributed by atoms with Crippen molar-refractivity contribution in [1.29, 1.82) is 0 Å². The maximum atomic E-state index is 10.9. The van der Waals surface area contributed by atoms with Crippen molar-refractivity contribution < 1.29 is 19.6 Å². The highest BCUT2D eigenvalue weighted by molar-refractivity contribution is 5.77. The summed E-state index contributed by atoms with van der Waals surface area (Å²) in [6.45, 7) is 1.71. The number of aliphatic carboxylic acids is 1. The third kappa shape index (κ3) is 3.09. The number of nitrogens with zero attached hydrogens (tertiary/aromatic N) is 1. The molecule has 0 aliphatic carbocycles. The van der Waals surface area contributed by atoms with Crippen molar-refractivity contribution in [3.05, 3.63) is 28.3 Å². The largest absolute Gasteiger partial charge is 0.490 e. The summed E-state index contributed by atoms with van der Waals surface area (Å²) in [5.74, 6) is -0.870. The number of nitrogens with one attached hydrogen (secondary N) is 1. The van der Waals surface area contributed by atoms with Crippen LogP contribution in [-0.2, 0) is 4.79 Å². The van der Waals surface area contributed by atoms with Crippen LogP contribution < -0.4 is 10.1 Å². The van der Waals surface area contributed by atoms with Gasteiger partial charge in [0.25, 0.3) is 0 Å². The summed E-state index contributed by atoms with van der Waals surface area (Å²) in [7, 11) is 1.33. The molecule has 0 amide bonds. The van der Waals surface area contributed by atoms with E-state index in [2.05, 4.69) is 5.32 Å². The molecule has 0 bridgehead atoms. The molecule has 0 spiro atoms. The highest BCUT2D eigenvalue weighted by Crippen LogP contribution is 2.29. The minimum Gasteiger partial charge on any atom is -0.490 e. The first-order valence-corrected chi connectivity index (χ1v) is 5.31. The van der Waals surface area contributed by atoms with Gasteiger partial charge in [0.1, 0.15) is 6.04 Å². The third-order valence-electron chi connectivity index (χ3n) is 2.42. The minimum absolute atomic E-state index is 0.133. The summed E-state index contributed by atoms with van der Waals surface area (Å²) in [4.78, 5) is 21.1. The van der Waals surface area contributed by atoms with Crippen molar-refractivity contribution in [3.8, 4) is 5.75 Å². The number of carbonyl (C=O) groups is 1. The quantitative estimate of drug-likeness (QED) is 0.593. The van der Waals surface area contributed by atoms with Gasteiger partial charge in [0.2, 0.25) is 0 Å². The smallest absolute Gasteiger partial charge is 0.326 e. The second-order valence-corrected chi connectivity index (χ2v) is 3.59. The van der Waals surface area contributed by atoms with Gasteiger partial charge < -0.3 is 15.2 Å². The summed E-state index contributed by atoms with van der Waals surface area (Å²) in [5.41, 5.74) is 0.166. The molecule has 18 heavy (non-hydrogen) atoms. The van der Waals surface area contributed by atoms with Crippen LogP contribution >= 0.6 is 0 Å². The fraction of sp³-hybridized carbons (Fsp3) is 0.364. The molecule has 0 aliphatic rings. The van der Waals surface area contributed by atoms with Crippen molar-refractivity contribution in [2.75, 3.05) is 12.4 Å². The monoisotopic (exact) mass is 254 g/mol. The number of anilines is 1. The summed E-state index contributed by atoms with van der Waals surface area (Å²) >= 11 is 0. The fourth-order valence-corrected chi connectivity index (χ4v) is 1.46. The Kier molecular flexibility index (Phi) is 4.47. The molecule has 1 rings (SSSR count). The number of ether oxygens (including phenoxy) is 1. The molecule has 1 aromatic carbocycles. The van der Waals surface area contributed by atoms with Gasteiger partial charge in [0, 0.05) is 11.8 Å². The molecule has 1 aromatic rings. The van der Waals surface area contributed by atoms with Gasteiger partial charge in [0.05, 0.1) is 12.0 Å². The van der Waals surface area contributed by atoms with E-state index in [1.807, 2.05) is 0 Å². The molecule has 0 fully saturated rings. The Morgan fingerprint density at radius 2 is 2.28 bits per heavy atom. The van der Waals surface area contributed by atoms with Crippen molar-refractivity contribution in [2.24, 2.45) is 0 Å². The maximum Gasteiger partial charge on any atom is 0.326 e. The number of nitro benzene ring substituents is 1. The zero-order valence-electron chi connectivity index (χ0n) is 10.0. The van der Waals surface area contributed by atoms with Crippen LogP contribution in [0.4, 0.5) is 11.4 Å². The lowest BCUT2D eigenvalue weighted by Crippen LogP contribution is -2.28. The number of carboxylic acids is 1. The van der Waals surface area contributed by atoms with Gasteiger partial charge in [-0.3, -0.25) is 10.1 Å². The molecule has 0 aromatic heterocycles. The highest BCUT2D eigenvalue weighted by atomic mass is 16.6. The van der Waals surface area contributed by atoms with E-state index < -0.39 is 16.9 Å². The van der Waals surface area contributed by atoms with Crippen molar-refractivity contribution in [2.45, 2.75) is 19.4 Å². The van der Waals surface area contributed by atoms with E-state index in [0.29, 0.717) is 12.1 Å². The first-order chi connectivity index (χ1) is 8.49. The molecular formula is C11H14N2O5. The van der Waals surface area contributed by atoms with Gasteiger partial charge in [-0.25, -0.2) is 4.79 Å². The molecular weight excluding hydrogens is 240 g/mol. The zero-order valence-corrected chi connectivity index (χ0v) is 10.0. The number of hydrogen-bond acceptors (Lipinski definition) is 5. The van der Waals surface area contributed by atoms with Crippen LogP contribution in [0.2, 0.25) is 0 Å². The Morgan fingerprint density at radius 1 is 1.61 bits per heavy atom. The van der Waals surface area contributed by atoms with Gasteiger partial charge in [-0.1, -0.05) is 6.92 Å². The summed E-state index contributed by atoms with van der Waals surface area (Å²) in [5, 5.41) is 22.4.